The summed E-state index contributed by atoms with van der Waals surface area (Å²) in [5.74, 6) is -0.655. The molecule has 2 aliphatic heterocycles. The van der Waals surface area contributed by atoms with E-state index in [1.807, 2.05) is 37.3 Å². The zero-order chi connectivity index (χ0) is 19.6. The topological polar surface area (TPSA) is 108 Å². The Bertz CT molecular complexity index is 723. The predicted molar refractivity (Wildman–Crippen MR) is 96.5 cm³/mol. The first-order chi connectivity index (χ1) is 12.9. The Morgan fingerprint density at radius 1 is 1.41 bits per heavy atom. The number of alkyl carbamates (subject to hydrolysis) is 1. The molecule has 146 valence electrons. The normalized spacial score (nSPS) is 26.1. The summed E-state index contributed by atoms with van der Waals surface area (Å²) in [6.07, 6.45) is -0.638. The molecule has 3 rings (SSSR count). The molecule has 4 atom stereocenters. The fourth-order valence-electron chi connectivity index (χ4n) is 3.84. The monoisotopic (exact) mass is 375 g/mol. The number of benzene rings is 1. The summed E-state index contributed by atoms with van der Waals surface area (Å²) in [7, 11) is 0. The molecule has 0 saturated carbocycles. The van der Waals surface area contributed by atoms with Crippen LogP contribution in [-0.4, -0.2) is 58.2 Å². The van der Waals surface area contributed by atoms with Gasteiger partial charge in [0.1, 0.15) is 18.2 Å². The van der Waals surface area contributed by atoms with Gasteiger partial charge in [0, 0.05) is 6.54 Å². The fourth-order valence-corrected chi connectivity index (χ4v) is 3.84. The second-order valence-corrected chi connectivity index (χ2v) is 7.14. The molecule has 2 fully saturated rings. The van der Waals surface area contributed by atoms with E-state index in [1.165, 1.54) is 11.8 Å². The number of hydrogen-bond donors (Lipinski definition) is 3. The van der Waals surface area contributed by atoms with Crippen LogP contribution in [0, 0.1) is 0 Å². The first-order valence-electron chi connectivity index (χ1n) is 9.14. The zero-order valence-electron chi connectivity index (χ0n) is 15.5. The Hall–Kier alpha value is -2.61. The van der Waals surface area contributed by atoms with E-state index in [0.29, 0.717) is 19.4 Å². The summed E-state index contributed by atoms with van der Waals surface area (Å²) in [5, 5.41) is 15.3. The van der Waals surface area contributed by atoms with Gasteiger partial charge in [-0.25, -0.2) is 4.79 Å². The fraction of sp³-hybridized carbons (Fsp3) is 0.526. The van der Waals surface area contributed by atoms with Crippen molar-refractivity contribution in [2.24, 2.45) is 0 Å². The maximum absolute atomic E-state index is 13.0. The number of nitrogens with one attached hydrogen (secondary N) is 2. The average molecular weight is 375 g/mol. The van der Waals surface area contributed by atoms with Crippen molar-refractivity contribution >= 4 is 17.9 Å². The molecule has 1 spiro atoms. The highest BCUT2D eigenvalue weighted by Crippen LogP contribution is 2.38. The number of carbonyl (C=O) groups is 3. The van der Waals surface area contributed by atoms with E-state index in [4.69, 9.17) is 4.74 Å². The van der Waals surface area contributed by atoms with E-state index in [9.17, 15) is 19.5 Å². The highest BCUT2D eigenvalue weighted by atomic mass is 16.5. The van der Waals surface area contributed by atoms with Crippen LogP contribution in [0.2, 0.25) is 0 Å². The first kappa shape index (κ1) is 19.2. The Morgan fingerprint density at radius 3 is 2.70 bits per heavy atom. The third kappa shape index (κ3) is 3.49. The molecule has 3 amide bonds. The molecule has 8 nitrogen and oxygen atoms in total. The number of ether oxygens (including phenoxy) is 1. The molecule has 2 aliphatic rings. The van der Waals surface area contributed by atoms with Crippen molar-refractivity contribution in [2.45, 2.75) is 57.0 Å². The van der Waals surface area contributed by atoms with Crippen LogP contribution in [0.5, 0.6) is 0 Å². The van der Waals surface area contributed by atoms with E-state index in [1.54, 1.807) is 0 Å². The van der Waals surface area contributed by atoms with Crippen molar-refractivity contribution in [1.29, 1.82) is 0 Å². The zero-order valence-corrected chi connectivity index (χ0v) is 15.5. The van der Waals surface area contributed by atoms with Crippen LogP contribution in [-0.2, 0) is 20.9 Å². The summed E-state index contributed by atoms with van der Waals surface area (Å²) in [6.45, 7) is 3.75. The number of carbonyl (C=O) groups excluding carboxylic acids is 3. The van der Waals surface area contributed by atoms with Gasteiger partial charge < -0.3 is 25.4 Å². The van der Waals surface area contributed by atoms with Gasteiger partial charge in [-0.05, 0) is 32.3 Å². The van der Waals surface area contributed by atoms with Crippen LogP contribution < -0.4 is 10.6 Å². The van der Waals surface area contributed by atoms with Crippen LogP contribution in [0.1, 0.15) is 32.3 Å². The van der Waals surface area contributed by atoms with E-state index >= 15 is 0 Å². The molecule has 3 N–H and O–H groups in total. The molecule has 2 saturated heterocycles. The van der Waals surface area contributed by atoms with Gasteiger partial charge in [-0.3, -0.25) is 9.59 Å². The highest BCUT2D eigenvalue weighted by molar-refractivity contribution is 5.99. The molecule has 8 heteroatoms. The Morgan fingerprint density at radius 2 is 2.11 bits per heavy atom. The van der Waals surface area contributed by atoms with Crippen molar-refractivity contribution in [2.75, 3.05) is 6.54 Å². The van der Waals surface area contributed by atoms with E-state index in [-0.39, 0.29) is 18.6 Å². The lowest BCUT2D eigenvalue weighted by Gasteiger charge is -2.50. The third-order valence-corrected chi connectivity index (χ3v) is 5.38. The molecular formula is C19H25N3O5. The maximum atomic E-state index is 13.0. The van der Waals surface area contributed by atoms with Crippen molar-refractivity contribution in [3.8, 4) is 0 Å². The minimum absolute atomic E-state index is 0.0560. The maximum Gasteiger partial charge on any atom is 0.408 e. The van der Waals surface area contributed by atoms with Gasteiger partial charge in [0.25, 0.3) is 0 Å². The van der Waals surface area contributed by atoms with Gasteiger partial charge in [0.15, 0.2) is 0 Å². The minimum Gasteiger partial charge on any atom is -0.445 e. The third-order valence-electron chi connectivity index (χ3n) is 5.38. The number of hydrogen-bond acceptors (Lipinski definition) is 5. The Labute approximate surface area is 157 Å². The van der Waals surface area contributed by atoms with Crippen LogP contribution in [0.3, 0.4) is 0 Å². The first-order valence-corrected chi connectivity index (χ1v) is 9.14. The lowest BCUT2D eigenvalue weighted by molar-refractivity contribution is -0.158. The summed E-state index contributed by atoms with van der Waals surface area (Å²) in [5.41, 5.74) is -0.0640. The van der Waals surface area contributed by atoms with E-state index in [0.717, 1.165) is 5.56 Å². The molecule has 0 bridgehead atoms. The lowest BCUT2D eigenvalue weighted by Crippen LogP contribution is -2.78. The minimum atomic E-state index is -1.18. The van der Waals surface area contributed by atoms with Gasteiger partial charge >= 0.3 is 6.09 Å². The number of amides is 3. The molecular weight excluding hydrogens is 350 g/mol. The molecule has 27 heavy (non-hydrogen) atoms. The SMILES string of the molecule is CC1NC(=O)C12CCCN2C(=O)[C@@H](NC(=O)OCc1ccccc1)[C@@H](C)O. The van der Waals surface area contributed by atoms with E-state index < -0.39 is 29.7 Å². The largest absolute Gasteiger partial charge is 0.445 e. The van der Waals surface area contributed by atoms with Crippen LogP contribution >= 0.6 is 0 Å². The van der Waals surface area contributed by atoms with Crippen molar-refractivity contribution in [3.05, 3.63) is 35.9 Å². The number of aliphatic hydroxyl groups is 1. The van der Waals surface area contributed by atoms with Crippen molar-refractivity contribution in [1.82, 2.24) is 15.5 Å². The summed E-state index contributed by atoms with van der Waals surface area (Å²) in [4.78, 5) is 38.8. The number of β-lactam (4-membered cyclic amide) rings is 1. The highest BCUT2D eigenvalue weighted by Gasteiger charge is 2.61. The van der Waals surface area contributed by atoms with E-state index in [2.05, 4.69) is 10.6 Å². The van der Waals surface area contributed by atoms with Crippen molar-refractivity contribution in [3.63, 3.8) is 0 Å². The van der Waals surface area contributed by atoms with Crippen LogP contribution in [0.4, 0.5) is 4.79 Å². The number of nitrogens with zero attached hydrogens (tertiary/aromatic N) is 1. The van der Waals surface area contributed by atoms with Gasteiger partial charge in [-0.15, -0.1) is 0 Å². The molecule has 0 aliphatic carbocycles. The van der Waals surface area contributed by atoms with Crippen LogP contribution in [0.15, 0.2) is 30.3 Å². The standard InChI is InChI=1S/C19H25N3O5/c1-12(23)15(21-18(26)27-11-14-7-4-3-5-8-14)16(24)22-10-6-9-19(22)13(2)20-17(19)25/h3-5,7-8,12-13,15,23H,6,9-11H2,1-2H3,(H,20,25)(H,21,26)/t12-,13?,15+,19?/m1/s1. The number of likely N-dealkylation sites (tertiary alicyclic amines) is 1. The van der Waals surface area contributed by atoms with Crippen LogP contribution in [0.25, 0.3) is 0 Å². The van der Waals surface area contributed by atoms with Gasteiger partial charge in [-0.2, -0.15) is 0 Å². The lowest BCUT2D eigenvalue weighted by atomic mass is 9.79. The molecule has 1 aromatic carbocycles. The summed E-state index contributed by atoms with van der Waals surface area (Å²) >= 11 is 0. The molecule has 0 radical (unpaired) electrons. The quantitative estimate of drug-likeness (QED) is 0.651. The predicted octanol–water partition coefficient (Wildman–Crippen LogP) is 0.542. The Kier molecular flexibility index (Phi) is 5.36. The van der Waals surface area contributed by atoms with Gasteiger partial charge in [0.2, 0.25) is 11.8 Å². The average Bonchev–Trinajstić information content (AvgIpc) is 3.13. The number of aliphatic hydroxyl groups excluding tert-OH is 1. The summed E-state index contributed by atoms with van der Waals surface area (Å²) < 4.78 is 5.14. The smallest absolute Gasteiger partial charge is 0.408 e. The second kappa shape index (κ2) is 7.56. The van der Waals surface area contributed by atoms with Gasteiger partial charge in [-0.1, -0.05) is 30.3 Å². The second-order valence-electron chi connectivity index (χ2n) is 7.14. The molecule has 0 aromatic heterocycles. The molecule has 2 unspecified atom stereocenters. The number of rotatable bonds is 5. The summed E-state index contributed by atoms with van der Waals surface area (Å²) in [6, 6.07) is 7.81. The van der Waals surface area contributed by atoms with Crippen molar-refractivity contribution < 1.29 is 24.2 Å². The molecule has 1 aromatic rings. The Balaban J connectivity index is 1.65. The molecule has 2 heterocycles. The van der Waals surface area contributed by atoms with Gasteiger partial charge in [0.05, 0.1) is 12.1 Å².